The predicted molar refractivity (Wildman–Crippen MR) is 67.3 cm³/mol. The molecule has 0 atom stereocenters. The van der Waals surface area contributed by atoms with E-state index in [0.29, 0.717) is 19.0 Å². The fourth-order valence-corrected chi connectivity index (χ4v) is 2.61. The van der Waals surface area contributed by atoms with Crippen molar-refractivity contribution >= 4 is 0 Å². The topological polar surface area (TPSA) is 23.5 Å². The number of piperidine rings is 1. The molecular weight excluding hydrogens is 255 g/mol. The minimum Gasteiger partial charge on any atom is -0.508 e. The van der Waals surface area contributed by atoms with Gasteiger partial charge in [-0.25, -0.2) is 0 Å². The number of benzene rings is 1. The van der Waals surface area contributed by atoms with E-state index in [9.17, 15) is 18.3 Å². The summed E-state index contributed by atoms with van der Waals surface area (Å²) < 4.78 is 36.9. The van der Waals surface area contributed by atoms with E-state index in [2.05, 4.69) is 0 Å². The minimum absolute atomic E-state index is 0.262. The Morgan fingerprint density at radius 2 is 1.89 bits per heavy atom. The van der Waals surface area contributed by atoms with Crippen LogP contribution in [0, 0.1) is 6.92 Å². The molecule has 1 aromatic carbocycles. The molecule has 1 fully saturated rings. The molecule has 19 heavy (non-hydrogen) atoms. The van der Waals surface area contributed by atoms with Crippen molar-refractivity contribution in [1.29, 1.82) is 0 Å². The number of hydrogen-bond donors (Lipinski definition) is 1. The second-order valence-electron chi connectivity index (χ2n) is 5.21. The average Bonchev–Trinajstić information content (AvgIpc) is 2.32. The lowest BCUT2D eigenvalue weighted by atomic mass is 9.88. The van der Waals surface area contributed by atoms with Gasteiger partial charge in [0.2, 0.25) is 0 Å². The van der Waals surface area contributed by atoms with Crippen LogP contribution < -0.4 is 0 Å². The second kappa shape index (κ2) is 5.41. The molecule has 0 radical (unpaired) electrons. The molecule has 1 N–H and O–H groups in total. The van der Waals surface area contributed by atoms with Gasteiger partial charge in [0.1, 0.15) is 5.75 Å². The molecule has 1 aliphatic rings. The summed E-state index contributed by atoms with van der Waals surface area (Å²) in [6.45, 7) is 1.97. The molecule has 1 aromatic rings. The summed E-state index contributed by atoms with van der Waals surface area (Å²) >= 11 is 0. The molecule has 0 bridgehead atoms. The molecule has 5 heteroatoms. The molecule has 1 heterocycles. The van der Waals surface area contributed by atoms with E-state index in [1.165, 1.54) is 4.90 Å². The molecule has 1 aliphatic heterocycles. The average molecular weight is 273 g/mol. The summed E-state index contributed by atoms with van der Waals surface area (Å²) in [6.07, 6.45) is -2.64. The third-order valence-electron chi connectivity index (χ3n) is 3.68. The summed E-state index contributed by atoms with van der Waals surface area (Å²) in [6, 6.07) is 5.46. The number of aromatic hydroxyl groups is 1. The van der Waals surface area contributed by atoms with Gasteiger partial charge in [0, 0.05) is 0 Å². The third kappa shape index (κ3) is 3.86. The number of halogens is 3. The van der Waals surface area contributed by atoms with Crippen molar-refractivity contribution in [2.45, 2.75) is 31.9 Å². The fourth-order valence-electron chi connectivity index (χ4n) is 2.61. The molecule has 0 unspecified atom stereocenters. The Morgan fingerprint density at radius 1 is 1.26 bits per heavy atom. The van der Waals surface area contributed by atoms with Crippen LogP contribution in [0.1, 0.15) is 29.9 Å². The molecule has 1 saturated heterocycles. The van der Waals surface area contributed by atoms with Gasteiger partial charge in [0.25, 0.3) is 0 Å². The van der Waals surface area contributed by atoms with Gasteiger partial charge in [0.05, 0.1) is 6.54 Å². The van der Waals surface area contributed by atoms with E-state index in [0.717, 1.165) is 24.0 Å². The molecule has 0 aliphatic carbocycles. The summed E-state index contributed by atoms with van der Waals surface area (Å²) in [7, 11) is 0. The Labute approximate surface area is 110 Å². The Kier molecular flexibility index (Phi) is 4.04. The summed E-state index contributed by atoms with van der Waals surface area (Å²) in [5.74, 6) is 0.557. The highest BCUT2D eigenvalue weighted by Crippen LogP contribution is 2.31. The first-order valence-electron chi connectivity index (χ1n) is 6.44. The van der Waals surface area contributed by atoms with E-state index in [1.807, 2.05) is 19.1 Å². The SMILES string of the molecule is Cc1cc(C2CCN(CC(F)(F)F)CC2)ccc1O. The lowest BCUT2D eigenvalue weighted by Crippen LogP contribution is -2.39. The Hall–Kier alpha value is -1.23. The van der Waals surface area contributed by atoms with E-state index >= 15 is 0 Å². The number of hydrogen-bond acceptors (Lipinski definition) is 2. The van der Waals surface area contributed by atoms with Crippen LogP contribution in [-0.4, -0.2) is 35.8 Å². The maximum Gasteiger partial charge on any atom is 0.401 e. The van der Waals surface area contributed by atoms with Crippen molar-refractivity contribution < 1.29 is 18.3 Å². The summed E-state index contributed by atoms with van der Waals surface area (Å²) in [4.78, 5) is 1.46. The highest BCUT2D eigenvalue weighted by atomic mass is 19.4. The molecule has 2 rings (SSSR count). The van der Waals surface area contributed by atoms with E-state index in [4.69, 9.17) is 0 Å². The number of aryl methyl sites for hydroxylation is 1. The van der Waals surface area contributed by atoms with E-state index in [1.54, 1.807) is 6.07 Å². The first-order valence-corrected chi connectivity index (χ1v) is 6.44. The Bertz CT molecular complexity index is 437. The molecule has 0 saturated carbocycles. The zero-order valence-electron chi connectivity index (χ0n) is 10.9. The summed E-state index contributed by atoms with van der Waals surface area (Å²) in [5, 5.41) is 9.48. The number of nitrogens with zero attached hydrogens (tertiary/aromatic N) is 1. The monoisotopic (exact) mass is 273 g/mol. The van der Waals surface area contributed by atoms with Gasteiger partial charge in [-0.3, -0.25) is 4.90 Å². The van der Waals surface area contributed by atoms with Crippen LogP contribution in [0.5, 0.6) is 5.75 Å². The molecule has 0 aromatic heterocycles. The number of phenols is 1. The zero-order valence-corrected chi connectivity index (χ0v) is 10.9. The normalized spacial score (nSPS) is 18.7. The zero-order chi connectivity index (χ0) is 14.0. The lowest BCUT2D eigenvalue weighted by molar-refractivity contribution is -0.147. The predicted octanol–water partition coefficient (Wildman–Crippen LogP) is 3.44. The smallest absolute Gasteiger partial charge is 0.401 e. The van der Waals surface area contributed by atoms with Crippen LogP contribution >= 0.6 is 0 Å². The van der Waals surface area contributed by atoms with Crippen molar-refractivity contribution in [1.82, 2.24) is 4.90 Å². The number of phenolic OH excluding ortho intramolecular Hbond substituents is 1. The van der Waals surface area contributed by atoms with Crippen molar-refractivity contribution in [2.24, 2.45) is 0 Å². The van der Waals surface area contributed by atoms with E-state index < -0.39 is 12.7 Å². The first kappa shape index (κ1) is 14.2. The van der Waals surface area contributed by atoms with Crippen molar-refractivity contribution in [3.63, 3.8) is 0 Å². The third-order valence-corrected chi connectivity index (χ3v) is 3.68. The highest BCUT2D eigenvalue weighted by Gasteiger charge is 2.32. The fraction of sp³-hybridized carbons (Fsp3) is 0.571. The Morgan fingerprint density at radius 3 is 2.42 bits per heavy atom. The van der Waals surface area contributed by atoms with Crippen molar-refractivity contribution in [3.05, 3.63) is 29.3 Å². The molecular formula is C14H18F3NO. The van der Waals surface area contributed by atoms with Crippen LogP contribution in [0.25, 0.3) is 0 Å². The maximum absolute atomic E-state index is 12.3. The quantitative estimate of drug-likeness (QED) is 0.892. The van der Waals surface area contributed by atoms with Gasteiger partial charge < -0.3 is 5.11 Å². The molecule has 0 spiro atoms. The van der Waals surface area contributed by atoms with Gasteiger partial charge >= 0.3 is 6.18 Å². The van der Waals surface area contributed by atoms with Crippen molar-refractivity contribution in [3.8, 4) is 5.75 Å². The molecule has 0 amide bonds. The van der Waals surface area contributed by atoms with Gasteiger partial charge in [-0.05, 0) is 56.0 Å². The van der Waals surface area contributed by atoms with E-state index in [-0.39, 0.29) is 5.75 Å². The first-order chi connectivity index (χ1) is 8.85. The largest absolute Gasteiger partial charge is 0.508 e. The van der Waals surface area contributed by atoms with Crippen LogP contribution in [0.3, 0.4) is 0 Å². The van der Waals surface area contributed by atoms with Gasteiger partial charge in [-0.15, -0.1) is 0 Å². The second-order valence-corrected chi connectivity index (χ2v) is 5.21. The highest BCUT2D eigenvalue weighted by molar-refractivity contribution is 5.36. The molecule has 2 nitrogen and oxygen atoms in total. The van der Waals surface area contributed by atoms with Crippen LogP contribution in [0.2, 0.25) is 0 Å². The minimum atomic E-state index is -4.11. The number of alkyl halides is 3. The number of rotatable bonds is 2. The van der Waals surface area contributed by atoms with Gasteiger partial charge in [-0.1, -0.05) is 12.1 Å². The number of likely N-dealkylation sites (tertiary alicyclic amines) is 1. The van der Waals surface area contributed by atoms with Crippen molar-refractivity contribution in [2.75, 3.05) is 19.6 Å². The summed E-state index contributed by atoms with van der Waals surface area (Å²) in [5.41, 5.74) is 1.93. The van der Waals surface area contributed by atoms with Crippen LogP contribution in [-0.2, 0) is 0 Å². The van der Waals surface area contributed by atoms with Crippen LogP contribution in [0.4, 0.5) is 13.2 Å². The standard InChI is InChI=1S/C14H18F3NO/c1-10-8-12(2-3-13(10)19)11-4-6-18(7-5-11)9-14(15,16)17/h2-3,8,11,19H,4-7,9H2,1H3. The lowest BCUT2D eigenvalue weighted by Gasteiger charge is -2.32. The maximum atomic E-state index is 12.3. The molecule has 106 valence electrons. The van der Waals surface area contributed by atoms with Gasteiger partial charge in [0.15, 0.2) is 0 Å². The van der Waals surface area contributed by atoms with Crippen LogP contribution in [0.15, 0.2) is 18.2 Å². The van der Waals surface area contributed by atoms with Gasteiger partial charge in [-0.2, -0.15) is 13.2 Å². The Balaban J connectivity index is 1.94.